The van der Waals surface area contributed by atoms with Crippen LogP contribution in [0.3, 0.4) is 0 Å². The molecule has 0 aliphatic carbocycles. The van der Waals surface area contributed by atoms with Gasteiger partial charge in [0.05, 0.1) is 5.56 Å². The molecular weight excluding hydrogens is 320 g/mol. The van der Waals surface area contributed by atoms with E-state index in [0.29, 0.717) is 5.88 Å². The van der Waals surface area contributed by atoms with Crippen LogP contribution in [0.2, 0.25) is 0 Å². The van der Waals surface area contributed by atoms with E-state index < -0.39 is 0 Å². The second-order valence-electron chi connectivity index (χ2n) is 7.47. The predicted molar refractivity (Wildman–Crippen MR) is 105 cm³/mol. The fourth-order valence-electron chi connectivity index (χ4n) is 4.15. The standard InChI is InChI=1S/C23H21N2O/c1-12-6-7-18-17(9-12)24-23-22(25(18)5)20-15(4)14(3)11-16-8-13(2)10-19(26-23)21(16)20/h6-11H,1-5H3/q+1. The minimum atomic E-state index is 0.693. The highest BCUT2D eigenvalue weighted by molar-refractivity contribution is 6.05. The van der Waals surface area contributed by atoms with E-state index in [1.54, 1.807) is 0 Å². The van der Waals surface area contributed by atoms with Gasteiger partial charge in [-0.05, 0) is 67.5 Å². The number of hydrogen-bond donors (Lipinski definition) is 0. The number of nitrogens with zero attached hydrogens (tertiary/aromatic N) is 2. The molecule has 3 nitrogen and oxygen atoms in total. The lowest BCUT2D eigenvalue weighted by atomic mass is 9.90. The topological polar surface area (TPSA) is 26.0 Å². The van der Waals surface area contributed by atoms with Crippen LogP contribution in [0.5, 0.6) is 11.6 Å². The highest BCUT2D eigenvalue weighted by Crippen LogP contribution is 2.47. The summed E-state index contributed by atoms with van der Waals surface area (Å²) < 4.78 is 8.55. The summed E-state index contributed by atoms with van der Waals surface area (Å²) in [6.07, 6.45) is 0. The Morgan fingerprint density at radius 2 is 1.73 bits per heavy atom. The molecule has 0 N–H and O–H groups in total. The summed E-state index contributed by atoms with van der Waals surface area (Å²) in [6, 6.07) is 13.0. The normalized spacial score (nSPS) is 12.3. The molecule has 0 fully saturated rings. The first-order chi connectivity index (χ1) is 12.4. The van der Waals surface area contributed by atoms with Crippen molar-refractivity contribution in [2.75, 3.05) is 0 Å². The van der Waals surface area contributed by atoms with Gasteiger partial charge in [-0.1, -0.05) is 18.2 Å². The van der Waals surface area contributed by atoms with Gasteiger partial charge in [-0.3, -0.25) is 0 Å². The minimum Gasteiger partial charge on any atom is -0.433 e. The van der Waals surface area contributed by atoms with Crippen molar-refractivity contribution in [3.63, 3.8) is 0 Å². The molecule has 0 radical (unpaired) electrons. The van der Waals surface area contributed by atoms with E-state index in [0.717, 1.165) is 22.5 Å². The average Bonchev–Trinajstić information content (AvgIpc) is 2.58. The molecular formula is C23H21N2O+. The SMILES string of the molecule is Cc1cc2c3c(c(C)c(C)cc3c1)-c1c(nc3cc(C)ccc3[n+]1C)O2. The third-order valence-electron chi connectivity index (χ3n) is 5.56. The fraction of sp³-hybridized carbons (Fsp3) is 0.217. The third kappa shape index (κ3) is 1.94. The quantitative estimate of drug-likeness (QED) is 0.361. The molecule has 1 aliphatic heterocycles. The zero-order valence-corrected chi connectivity index (χ0v) is 15.8. The monoisotopic (exact) mass is 341 g/mol. The molecule has 0 unspecified atom stereocenters. The van der Waals surface area contributed by atoms with E-state index in [9.17, 15) is 0 Å². The molecule has 2 heterocycles. The van der Waals surface area contributed by atoms with Gasteiger partial charge in [0.1, 0.15) is 18.3 Å². The van der Waals surface area contributed by atoms with Crippen LogP contribution in [0.4, 0.5) is 0 Å². The van der Waals surface area contributed by atoms with Gasteiger partial charge in [0.2, 0.25) is 5.52 Å². The van der Waals surface area contributed by atoms with Crippen LogP contribution in [0.15, 0.2) is 36.4 Å². The largest absolute Gasteiger partial charge is 0.433 e. The summed E-state index contributed by atoms with van der Waals surface area (Å²) in [4.78, 5) is 4.88. The number of hydrogen-bond acceptors (Lipinski definition) is 2. The number of aryl methyl sites for hydroxylation is 4. The Morgan fingerprint density at radius 1 is 0.923 bits per heavy atom. The first-order valence-corrected chi connectivity index (χ1v) is 8.97. The van der Waals surface area contributed by atoms with Crippen molar-refractivity contribution in [1.82, 2.24) is 4.98 Å². The maximum Gasteiger partial charge on any atom is 0.294 e. The number of ether oxygens (including phenoxy) is 1. The van der Waals surface area contributed by atoms with Crippen LogP contribution >= 0.6 is 0 Å². The van der Waals surface area contributed by atoms with Crippen molar-refractivity contribution in [1.29, 1.82) is 0 Å². The van der Waals surface area contributed by atoms with Crippen LogP contribution in [0.25, 0.3) is 33.1 Å². The smallest absolute Gasteiger partial charge is 0.294 e. The van der Waals surface area contributed by atoms with Crippen molar-refractivity contribution in [3.8, 4) is 22.9 Å². The lowest BCUT2D eigenvalue weighted by Gasteiger charge is -2.22. The highest BCUT2D eigenvalue weighted by Gasteiger charge is 2.32. The lowest BCUT2D eigenvalue weighted by Crippen LogP contribution is -2.34. The van der Waals surface area contributed by atoms with Gasteiger partial charge in [-0.25, -0.2) is 4.98 Å². The molecule has 1 aromatic heterocycles. The fourth-order valence-corrected chi connectivity index (χ4v) is 4.15. The van der Waals surface area contributed by atoms with Gasteiger partial charge in [-0.15, -0.1) is 0 Å². The molecule has 5 rings (SSSR count). The van der Waals surface area contributed by atoms with Crippen molar-refractivity contribution >= 4 is 21.8 Å². The number of aromatic nitrogens is 2. The Bertz CT molecular complexity index is 1250. The van der Waals surface area contributed by atoms with Gasteiger partial charge in [-0.2, -0.15) is 4.57 Å². The number of rotatable bonds is 0. The molecule has 128 valence electrons. The summed E-state index contributed by atoms with van der Waals surface area (Å²) in [6.45, 7) is 8.58. The van der Waals surface area contributed by atoms with Gasteiger partial charge in [0.15, 0.2) is 0 Å². The minimum absolute atomic E-state index is 0.693. The molecule has 0 amide bonds. The molecule has 0 saturated carbocycles. The van der Waals surface area contributed by atoms with Crippen molar-refractivity contribution < 1.29 is 9.30 Å². The molecule has 0 spiro atoms. The first kappa shape index (κ1) is 15.3. The highest BCUT2D eigenvalue weighted by atomic mass is 16.5. The van der Waals surface area contributed by atoms with Crippen LogP contribution in [0, 0.1) is 27.7 Å². The molecule has 26 heavy (non-hydrogen) atoms. The van der Waals surface area contributed by atoms with E-state index in [1.165, 1.54) is 38.6 Å². The molecule has 4 aromatic rings. The second kappa shape index (κ2) is 5.04. The van der Waals surface area contributed by atoms with E-state index in [1.807, 2.05) is 0 Å². The number of fused-ring (bicyclic) bond motifs is 3. The average molecular weight is 341 g/mol. The van der Waals surface area contributed by atoms with Gasteiger partial charge in [0, 0.05) is 11.5 Å². The van der Waals surface area contributed by atoms with E-state index >= 15 is 0 Å². The van der Waals surface area contributed by atoms with E-state index in [2.05, 4.69) is 75.7 Å². The molecule has 0 atom stereocenters. The molecule has 3 aromatic carbocycles. The molecule has 1 aliphatic rings. The first-order valence-electron chi connectivity index (χ1n) is 8.97. The summed E-state index contributed by atoms with van der Waals surface area (Å²) >= 11 is 0. The second-order valence-corrected chi connectivity index (χ2v) is 7.47. The van der Waals surface area contributed by atoms with Gasteiger partial charge >= 0.3 is 0 Å². The predicted octanol–water partition coefficient (Wildman–Crippen LogP) is 5.22. The summed E-state index contributed by atoms with van der Waals surface area (Å²) in [5.41, 5.74) is 9.36. The zero-order chi connectivity index (χ0) is 18.2. The van der Waals surface area contributed by atoms with Gasteiger partial charge < -0.3 is 4.74 Å². The number of benzene rings is 3. The summed E-state index contributed by atoms with van der Waals surface area (Å²) in [7, 11) is 2.11. The van der Waals surface area contributed by atoms with Gasteiger partial charge in [0.25, 0.3) is 11.6 Å². The van der Waals surface area contributed by atoms with Crippen molar-refractivity contribution in [3.05, 3.63) is 58.7 Å². The Kier molecular flexibility index (Phi) is 2.97. The summed E-state index contributed by atoms with van der Waals surface area (Å²) in [5.74, 6) is 1.60. The molecule has 0 saturated heterocycles. The van der Waals surface area contributed by atoms with Crippen LogP contribution < -0.4 is 9.30 Å². The van der Waals surface area contributed by atoms with Crippen molar-refractivity contribution in [2.45, 2.75) is 27.7 Å². The van der Waals surface area contributed by atoms with Crippen LogP contribution in [-0.4, -0.2) is 4.98 Å². The summed E-state index contributed by atoms with van der Waals surface area (Å²) in [5, 5.41) is 2.42. The zero-order valence-electron chi connectivity index (χ0n) is 15.8. The van der Waals surface area contributed by atoms with E-state index in [4.69, 9.17) is 9.72 Å². The Labute approximate surface area is 152 Å². The lowest BCUT2D eigenvalue weighted by molar-refractivity contribution is -0.634. The maximum atomic E-state index is 6.32. The van der Waals surface area contributed by atoms with Crippen LogP contribution in [-0.2, 0) is 7.05 Å². The molecule has 0 bridgehead atoms. The maximum absolute atomic E-state index is 6.32. The Hall–Kier alpha value is -2.94. The molecule has 3 heteroatoms. The Morgan fingerprint density at radius 3 is 2.54 bits per heavy atom. The van der Waals surface area contributed by atoms with E-state index in [-0.39, 0.29) is 0 Å². The van der Waals surface area contributed by atoms with Crippen molar-refractivity contribution in [2.24, 2.45) is 7.05 Å². The Balaban J connectivity index is 2.00. The van der Waals surface area contributed by atoms with Crippen LogP contribution in [0.1, 0.15) is 22.3 Å². The third-order valence-corrected chi connectivity index (χ3v) is 5.56.